The van der Waals surface area contributed by atoms with E-state index in [1.807, 2.05) is 50.2 Å². The maximum absolute atomic E-state index is 12.7. The molecule has 0 aliphatic carbocycles. The van der Waals surface area contributed by atoms with Gasteiger partial charge in [0.05, 0.1) is 24.5 Å². The predicted molar refractivity (Wildman–Crippen MR) is 114 cm³/mol. The lowest BCUT2D eigenvalue weighted by Gasteiger charge is -2.18. The standard InChI is InChI=1S/C24H31NO3/c1-5-8-17(2)16-28-21-13-11-20(12-14-21)23(15-26)24(27)25-19(4)22-10-7-6-9-18(22)3/h6-7,9-15,17,19,26H,5,8,16H2,1-4H3,(H,25,27). The van der Waals surface area contributed by atoms with Crippen molar-refractivity contribution in [1.29, 1.82) is 0 Å². The minimum atomic E-state index is -0.316. The van der Waals surface area contributed by atoms with Crippen molar-refractivity contribution >= 4 is 11.5 Å². The van der Waals surface area contributed by atoms with Crippen LogP contribution in [0.1, 0.15) is 56.3 Å². The molecule has 1 amide bonds. The van der Waals surface area contributed by atoms with Crippen LogP contribution in [0.25, 0.3) is 5.57 Å². The molecule has 0 aliphatic rings. The van der Waals surface area contributed by atoms with Gasteiger partial charge in [0.2, 0.25) is 0 Å². The van der Waals surface area contributed by atoms with E-state index in [1.54, 1.807) is 12.1 Å². The predicted octanol–water partition coefficient (Wildman–Crippen LogP) is 5.59. The largest absolute Gasteiger partial charge is 0.515 e. The SMILES string of the molecule is CCCC(C)COc1ccc(C(=CO)C(=O)NC(C)c2ccccc2C)cc1. The molecule has 0 heterocycles. The van der Waals surface area contributed by atoms with E-state index in [1.165, 1.54) is 0 Å². The summed E-state index contributed by atoms with van der Waals surface area (Å²) in [5.41, 5.74) is 3.04. The van der Waals surface area contributed by atoms with Crippen molar-refractivity contribution in [2.75, 3.05) is 6.61 Å². The molecule has 2 N–H and O–H groups in total. The van der Waals surface area contributed by atoms with E-state index in [4.69, 9.17) is 4.74 Å². The first-order chi connectivity index (χ1) is 13.5. The van der Waals surface area contributed by atoms with Gasteiger partial charge in [-0.1, -0.05) is 56.7 Å². The zero-order chi connectivity index (χ0) is 20.5. The second-order valence-electron chi connectivity index (χ2n) is 7.32. The summed E-state index contributed by atoms with van der Waals surface area (Å²) in [4.78, 5) is 12.7. The van der Waals surface area contributed by atoms with Crippen molar-refractivity contribution in [3.63, 3.8) is 0 Å². The van der Waals surface area contributed by atoms with Gasteiger partial charge in [-0.3, -0.25) is 4.79 Å². The van der Waals surface area contributed by atoms with E-state index < -0.39 is 0 Å². The van der Waals surface area contributed by atoms with Gasteiger partial charge in [-0.25, -0.2) is 0 Å². The van der Waals surface area contributed by atoms with Gasteiger partial charge in [0.25, 0.3) is 5.91 Å². The first-order valence-corrected chi connectivity index (χ1v) is 9.90. The summed E-state index contributed by atoms with van der Waals surface area (Å²) in [6.45, 7) is 8.96. The number of aryl methyl sites for hydroxylation is 1. The zero-order valence-electron chi connectivity index (χ0n) is 17.2. The molecule has 2 aromatic carbocycles. The molecule has 2 unspecified atom stereocenters. The summed E-state index contributed by atoms with van der Waals surface area (Å²) in [5, 5.41) is 12.6. The lowest BCUT2D eigenvalue weighted by Crippen LogP contribution is -2.28. The number of nitrogens with one attached hydrogen (secondary N) is 1. The van der Waals surface area contributed by atoms with Gasteiger partial charge in [0.1, 0.15) is 5.75 Å². The Morgan fingerprint density at radius 2 is 1.82 bits per heavy atom. The first-order valence-electron chi connectivity index (χ1n) is 9.90. The number of rotatable bonds is 9. The third-order valence-electron chi connectivity index (χ3n) is 4.86. The highest BCUT2D eigenvalue weighted by atomic mass is 16.5. The Morgan fingerprint density at radius 1 is 1.14 bits per heavy atom. The molecule has 2 aromatic rings. The molecule has 4 heteroatoms. The van der Waals surface area contributed by atoms with Crippen LogP contribution in [0.15, 0.2) is 54.8 Å². The Bertz CT molecular complexity index is 796. The molecule has 0 spiro atoms. The number of aliphatic hydroxyl groups is 1. The number of aliphatic hydroxyl groups excluding tert-OH is 1. The van der Waals surface area contributed by atoms with Gasteiger partial charge >= 0.3 is 0 Å². The molecule has 2 atom stereocenters. The van der Waals surface area contributed by atoms with Crippen LogP contribution in [0.4, 0.5) is 0 Å². The molecule has 0 bridgehead atoms. The van der Waals surface area contributed by atoms with Crippen LogP contribution < -0.4 is 10.1 Å². The van der Waals surface area contributed by atoms with E-state index in [0.29, 0.717) is 18.1 Å². The third kappa shape index (κ3) is 5.88. The van der Waals surface area contributed by atoms with E-state index >= 15 is 0 Å². The van der Waals surface area contributed by atoms with Gasteiger partial charge in [0, 0.05) is 0 Å². The molecule has 0 saturated carbocycles. The molecule has 0 aliphatic heterocycles. The summed E-state index contributed by atoms with van der Waals surface area (Å²) in [6.07, 6.45) is 3.14. The highest BCUT2D eigenvalue weighted by Crippen LogP contribution is 2.22. The third-order valence-corrected chi connectivity index (χ3v) is 4.86. The maximum Gasteiger partial charge on any atom is 0.255 e. The van der Waals surface area contributed by atoms with Crippen LogP contribution in [0, 0.1) is 12.8 Å². The van der Waals surface area contributed by atoms with Crippen LogP contribution in [0.3, 0.4) is 0 Å². The summed E-state index contributed by atoms with van der Waals surface area (Å²) in [5.74, 6) is 0.951. The van der Waals surface area contributed by atoms with Crippen LogP contribution in [-0.4, -0.2) is 17.6 Å². The molecule has 2 rings (SSSR count). The average molecular weight is 382 g/mol. The van der Waals surface area contributed by atoms with Crippen LogP contribution in [-0.2, 0) is 4.79 Å². The number of amides is 1. The maximum atomic E-state index is 12.7. The highest BCUT2D eigenvalue weighted by Gasteiger charge is 2.17. The Balaban J connectivity index is 2.02. The Kier molecular flexibility index (Phi) is 8.12. The summed E-state index contributed by atoms with van der Waals surface area (Å²) in [6, 6.07) is 15.0. The van der Waals surface area contributed by atoms with Crippen LogP contribution in [0.2, 0.25) is 0 Å². The Morgan fingerprint density at radius 3 is 2.43 bits per heavy atom. The van der Waals surface area contributed by atoms with E-state index in [-0.39, 0.29) is 17.5 Å². The van der Waals surface area contributed by atoms with Crippen molar-refractivity contribution < 1.29 is 14.6 Å². The topological polar surface area (TPSA) is 58.6 Å². The molecular weight excluding hydrogens is 350 g/mol. The van der Waals surface area contributed by atoms with Gasteiger partial charge in [-0.2, -0.15) is 0 Å². The van der Waals surface area contributed by atoms with Crippen LogP contribution in [0.5, 0.6) is 5.75 Å². The second kappa shape index (κ2) is 10.5. The fourth-order valence-electron chi connectivity index (χ4n) is 3.23. The monoisotopic (exact) mass is 381 g/mol. The Labute approximate surface area is 168 Å². The summed E-state index contributed by atoms with van der Waals surface area (Å²) < 4.78 is 5.80. The number of benzene rings is 2. The fraction of sp³-hybridized carbons (Fsp3) is 0.375. The smallest absolute Gasteiger partial charge is 0.255 e. The summed E-state index contributed by atoms with van der Waals surface area (Å²) >= 11 is 0. The normalized spacial score (nSPS) is 13.6. The molecule has 0 fully saturated rings. The fourth-order valence-corrected chi connectivity index (χ4v) is 3.23. The number of ether oxygens (including phenoxy) is 1. The second-order valence-corrected chi connectivity index (χ2v) is 7.32. The van der Waals surface area contributed by atoms with Crippen molar-refractivity contribution in [2.24, 2.45) is 5.92 Å². The molecule has 0 aromatic heterocycles. The lowest BCUT2D eigenvalue weighted by molar-refractivity contribution is -0.116. The molecule has 4 nitrogen and oxygen atoms in total. The molecule has 28 heavy (non-hydrogen) atoms. The number of hydrogen-bond acceptors (Lipinski definition) is 3. The minimum Gasteiger partial charge on any atom is -0.515 e. The van der Waals surface area contributed by atoms with Crippen molar-refractivity contribution in [3.8, 4) is 5.75 Å². The van der Waals surface area contributed by atoms with Crippen LogP contribution >= 0.6 is 0 Å². The van der Waals surface area contributed by atoms with E-state index in [2.05, 4.69) is 19.2 Å². The molecular formula is C24H31NO3. The lowest BCUT2D eigenvalue weighted by atomic mass is 10.0. The van der Waals surface area contributed by atoms with E-state index in [0.717, 1.165) is 36.0 Å². The molecule has 0 radical (unpaired) electrons. The van der Waals surface area contributed by atoms with Gasteiger partial charge in [-0.05, 0) is 55.0 Å². The van der Waals surface area contributed by atoms with Crippen molar-refractivity contribution in [1.82, 2.24) is 5.32 Å². The van der Waals surface area contributed by atoms with Gasteiger partial charge in [0.15, 0.2) is 0 Å². The Hall–Kier alpha value is -2.75. The number of carbonyl (C=O) groups is 1. The van der Waals surface area contributed by atoms with Gasteiger partial charge in [-0.15, -0.1) is 0 Å². The minimum absolute atomic E-state index is 0.161. The number of carbonyl (C=O) groups excluding carboxylic acids is 1. The van der Waals surface area contributed by atoms with Crippen molar-refractivity contribution in [3.05, 3.63) is 71.5 Å². The molecule has 0 saturated heterocycles. The zero-order valence-corrected chi connectivity index (χ0v) is 17.2. The average Bonchev–Trinajstić information content (AvgIpc) is 2.68. The highest BCUT2D eigenvalue weighted by molar-refractivity contribution is 6.19. The molecule has 150 valence electrons. The number of hydrogen-bond donors (Lipinski definition) is 2. The van der Waals surface area contributed by atoms with Crippen molar-refractivity contribution in [2.45, 2.75) is 46.6 Å². The first kappa shape index (κ1) is 21.5. The van der Waals surface area contributed by atoms with E-state index in [9.17, 15) is 9.90 Å². The van der Waals surface area contributed by atoms with Gasteiger partial charge < -0.3 is 15.2 Å². The quantitative estimate of drug-likeness (QED) is 0.440. The summed E-state index contributed by atoms with van der Waals surface area (Å²) in [7, 11) is 0.